The second-order valence-corrected chi connectivity index (χ2v) is 5.64. The molecule has 0 aliphatic heterocycles. The topological polar surface area (TPSA) is 60.3 Å². The molecule has 0 fully saturated rings. The van der Waals surface area contributed by atoms with Gasteiger partial charge < -0.3 is 10.2 Å². The second kappa shape index (κ2) is 6.76. The highest BCUT2D eigenvalue weighted by molar-refractivity contribution is 6.30. The number of para-hydroxylation sites is 1. The third-order valence-corrected chi connectivity index (χ3v) is 3.94. The van der Waals surface area contributed by atoms with E-state index < -0.39 is 5.91 Å². The molecule has 5 nitrogen and oxygen atoms in total. The van der Waals surface area contributed by atoms with Gasteiger partial charge in [0.05, 0.1) is 11.7 Å². The Kier molecular flexibility index (Phi) is 4.53. The van der Waals surface area contributed by atoms with Crippen molar-refractivity contribution in [1.82, 2.24) is 10.0 Å². The quantitative estimate of drug-likeness (QED) is 0.793. The lowest BCUT2D eigenvalue weighted by Gasteiger charge is -2.11. The lowest BCUT2D eigenvalue weighted by Crippen LogP contribution is -2.30. The van der Waals surface area contributed by atoms with Gasteiger partial charge in [-0.3, -0.25) is 9.59 Å². The van der Waals surface area contributed by atoms with Gasteiger partial charge in [-0.05, 0) is 29.8 Å². The van der Waals surface area contributed by atoms with Crippen LogP contribution >= 0.6 is 11.6 Å². The van der Waals surface area contributed by atoms with Crippen LogP contribution in [0.4, 0.5) is 0 Å². The van der Waals surface area contributed by atoms with Gasteiger partial charge in [-0.2, -0.15) is 4.73 Å². The van der Waals surface area contributed by atoms with Crippen LogP contribution in [0.5, 0.6) is 0 Å². The molecule has 0 aliphatic carbocycles. The molecule has 1 aromatic heterocycles. The number of halogens is 1. The number of rotatable bonds is 4. The van der Waals surface area contributed by atoms with Crippen LogP contribution in [0.25, 0.3) is 10.9 Å². The summed E-state index contributed by atoms with van der Waals surface area (Å²) in [5, 5.41) is 3.80. The van der Waals surface area contributed by atoms with Gasteiger partial charge in [0.25, 0.3) is 5.91 Å². The van der Waals surface area contributed by atoms with Crippen molar-refractivity contribution in [3.8, 4) is 0 Å². The molecule has 1 N–H and O–H groups in total. The number of amides is 1. The molecule has 0 spiro atoms. The molecule has 0 aliphatic rings. The number of fused-ring (bicyclic) bond motifs is 1. The minimum atomic E-state index is -0.452. The van der Waals surface area contributed by atoms with E-state index in [0.29, 0.717) is 22.5 Å². The van der Waals surface area contributed by atoms with Crippen molar-refractivity contribution in [2.75, 3.05) is 7.11 Å². The standard InChI is InChI=1S/C18H15ClN2O3/c1-24-21-11-15(17(22)14-4-2-3-5-16(14)21)18(23)20-10-12-6-8-13(19)9-7-12/h2-9,11H,10H2,1H3,(H,20,23). The molecule has 0 saturated carbocycles. The lowest BCUT2D eigenvalue weighted by atomic mass is 10.1. The first-order valence-electron chi connectivity index (χ1n) is 7.31. The van der Waals surface area contributed by atoms with Crippen LogP contribution in [0.1, 0.15) is 15.9 Å². The Bertz CT molecular complexity index is 949. The molecule has 0 atom stereocenters. The highest BCUT2D eigenvalue weighted by atomic mass is 35.5. The molecule has 0 saturated heterocycles. The predicted molar refractivity (Wildman–Crippen MR) is 93.3 cm³/mol. The van der Waals surface area contributed by atoms with Crippen LogP contribution in [-0.4, -0.2) is 17.7 Å². The van der Waals surface area contributed by atoms with Gasteiger partial charge in [0, 0.05) is 17.0 Å². The van der Waals surface area contributed by atoms with E-state index >= 15 is 0 Å². The fourth-order valence-corrected chi connectivity index (χ4v) is 2.57. The molecule has 0 radical (unpaired) electrons. The van der Waals surface area contributed by atoms with E-state index in [4.69, 9.17) is 16.4 Å². The van der Waals surface area contributed by atoms with Gasteiger partial charge in [-0.15, -0.1) is 0 Å². The van der Waals surface area contributed by atoms with Gasteiger partial charge in [-0.1, -0.05) is 35.9 Å². The Labute approximate surface area is 143 Å². The van der Waals surface area contributed by atoms with E-state index in [0.717, 1.165) is 5.56 Å². The average Bonchev–Trinajstić information content (AvgIpc) is 2.61. The number of pyridine rings is 1. The Morgan fingerprint density at radius 1 is 1.17 bits per heavy atom. The molecule has 0 unspecified atom stereocenters. The molecule has 0 bridgehead atoms. The Hall–Kier alpha value is -2.79. The maximum absolute atomic E-state index is 12.5. The Morgan fingerprint density at radius 2 is 1.88 bits per heavy atom. The molecule has 24 heavy (non-hydrogen) atoms. The molecule has 1 amide bonds. The lowest BCUT2D eigenvalue weighted by molar-refractivity contribution is 0.0945. The molecule has 1 heterocycles. The largest absolute Gasteiger partial charge is 0.417 e. The number of carbonyl (C=O) groups excluding carboxylic acids is 1. The molecule has 2 aromatic carbocycles. The van der Waals surface area contributed by atoms with E-state index in [9.17, 15) is 9.59 Å². The fraction of sp³-hybridized carbons (Fsp3) is 0.111. The third-order valence-electron chi connectivity index (χ3n) is 3.68. The maximum atomic E-state index is 12.5. The van der Waals surface area contributed by atoms with Gasteiger partial charge in [0.2, 0.25) is 5.43 Å². The van der Waals surface area contributed by atoms with Crippen molar-refractivity contribution >= 4 is 28.4 Å². The number of hydrogen-bond donors (Lipinski definition) is 1. The molecule has 3 rings (SSSR count). The van der Waals surface area contributed by atoms with Crippen molar-refractivity contribution in [1.29, 1.82) is 0 Å². The van der Waals surface area contributed by atoms with Gasteiger partial charge in [0.15, 0.2) is 0 Å². The summed E-state index contributed by atoms with van der Waals surface area (Å²) in [6.45, 7) is 0.301. The number of benzene rings is 2. The fourth-order valence-electron chi connectivity index (χ4n) is 2.44. The van der Waals surface area contributed by atoms with Gasteiger partial charge in [0.1, 0.15) is 12.7 Å². The van der Waals surface area contributed by atoms with Crippen LogP contribution in [0.3, 0.4) is 0 Å². The number of nitrogens with zero attached hydrogens (tertiary/aromatic N) is 1. The first-order valence-corrected chi connectivity index (χ1v) is 7.69. The minimum absolute atomic E-state index is 0.0320. The monoisotopic (exact) mass is 342 g/mol. The van der Waals surface area contributed by atoms with Crippen molar-refractivity contribution < 1.29 is 9.63 Å². The number of nitrogens with one attached hydrogen (secondary N) is 1. The summed E-state index contributed by atoms with van der Waals surface area (Å²) in [6, 6.07) is 14.1. The van der Waals surface area contributed by atoms with Gasteiger partial charge in [-0.25, -0.2) is 0 Å². The van der Waals surface area contributed by atoms with Crippen LogP contribution < -0.4 is 15.6 Å². The van der Waals surface area contributed by atoms with Crippen molar-refractivity contribution in [3.05, 3.63) is 81.1 Å². The van der Waals surface area contributed by atoms with Crippen LogP contribution in [-0.2, 0) is 6.54 Å². The second-order valence-electron chi connectivity index (χ2n) is 5.21. The summed E-state index contributed by atoms with van der Waals surface area (Å²) in [5.41, 5.74) is 1.21. The van der Waals surface area contributed by atoms with Crippen LogP contribution in [0, 0.1) is 0 Å². The van der Waals surface area contributed by atoms with E-state index in [-0.39, 0.29) is 11.0 Å². The SMILES string of the molecule is COn1cc(C(=O)NCc2ccc(Cl)cc2)c(=O)c2ccccc21. The highest BCUT2D eigenvalue weighted by Gasteiger charge is 2.15. The molecular weight excluding hydrogens is 328 g/mol. The summed E-state index contributed by atoms with van der Waals surface area (Å²) in [7, 11) is 1.48. The third kappa shape index (κ3) is 3.12. The summed E-state index contributed by atoms with van der Waals surface area (Å²) in [5.74, 6) is -0.452. The van der Waals surface area contributed by atoms with Crippen molar-refractivity contribution in [3.63, 3.8) is 0 Å². The number of hydrogen-bond acceptors (Lipinski definition) is 3. The first-order chi connectivity index (χ1) is 11.6. The summed E-state index contributed by atoms with van der Waals surface area (Å²) in [6.07, 6.45) is 1.40. The predicted octanol–water partition coefficient (Wildman–Crippen LogP) is 2.64. The zero-order chi connectivity index (χ0) is 17.1. The number of aromatic nitrogens is 1. The summed E-state index contributed by atoms with van der Waals surface area (Å²) < 4.78 is 1.41. The van der Waals surface area contributed by atoms with Gasteiger partial charge >= 0.3 is 0 Å². The normalized spacial score (nSPS) is 10.6. The van der Waals surface area contributed by atoms with E-state index in [2.05, 4.69) is 5.32 Å². The smallest absolute Gasteiger partial charge is 0.257 e. The van der Waals surface area contributed by atoms with Crippen molar-refractivity contribution in [2.45, 2.75) is 6.54 Å². The maximum Gasteiger partial charge on any atom is 0.257 e. The van der Waals surface area contributed by atoms with E-state index in [1.807, 2.05) is 12.1 Å². The van der Waals surface area contributed by atoms with E-state index in [1.54, 1.807) is 36.4 Å². The Balaban J connectivity index is 1.90. The zero-order valence-electron chi connectivity index (χ0n) is 13.0. The Morgan fingerprint density at radius 3 is 2.58 bits per heavy atom. The zero-order valence-corrected chi connectivity index (χ0v) is 13.7. The van der Waals surface area contributed by atoms with E-state index in [1.165, 1.54) is 18.0 Å². The van der Waals surface area contributed by atoms with Crippen LogP contribution in [0.2, 0.25) is 5.02 Å². The molecule has 122 valence electrons. The van der Waals surface area contributed by atoms with Crippen molar-refractivity contribution in [2.24, 2.45) is 0 Å². The number of carbonyl (C=O) groups is 1. The first kappa shape index (κ1) is 16.1. The summed E-state index contributed by atoms with van der Waals surface area (Å²) in [4.78, 5) is 30.2. The summed E-state index contributed by atoms with van der Waals surface area (Å²) >= 11 is 5.83. The minimum Gasteiger partial charge on any atom is -0.417 e. The average molecular weight is 343 g/mol. The highest BCUT2D eigenvalue weighted by Crippen LogP contribution is 2.11. The van der Waals surface area contributed by atoms with Crippen LogP contribution in [0.15, 0.2) is 59.5 Å². The molecular formula is C18H15ClN2O3. The molecule has 3 aromatic rings. The molecule has 6 heteroatoms.